The van der Waals surface area contributed by atoms with E-state index in [1.54, 1.807) is 18.5 Å². The van der Waals surface area contributed by atoms with Gasteiger partial charge in [-0.15, -0.1) is 0 Å². The molecule has 2 N–H and O–H groups in total. The van der Waals surface area contributed by atoms with Crippen LogP contribution in [0.2, 0.25) is 0 Å². The van der Waals surface area contributed by atoms with Gasteiger partial charge in [0.1, 0.15) is 23.1 Å². The highest BCUT2D eigenvalue weighted by Crippen LogP contribution is 2.31. The second kappa shape index (κ2) is 10.8. The molecule has 0 amide bonds. The number of fused-ring (bicyclic) bond motifs is 1. The number of pyridine rings is 3. The highest BCUT2D eigenvalue weighted by molar-refractivity contribution is 5.88. The van der Waals surface area contributed by atoms with Gasteiger partial charge in [-0.3, -0.25) is 4.79 Å². The fourth-order valence-electron chi connectivity index (χ4n) is 3.14. The molecule has 0 bridgehead atoms. The van der Waals surface area contributed by atoms with Crippen molar-refractivity contribution in [1.82, 2.24) is 29.4 Å². The number of hydrogen-bond acceptors (Lipinski definition) is 9. The van der Waals surface area contributed by atoms with Gasteiger partial charge < -0.3 is 24.6 Å². The summed E-state index contributed by atoms with van der Waals surface area (Å²) in [6, 6.07) is 9.45. The molecule has 34 heavy (non-hydrogen) atoms. The Hall–Kier alpha value is -4.56. The second-order valence-electron chi connectivity index (χ2n) is 7.60. The number of aromatic nitrogens is 5. The molecule has 0 unspecified atom stereocenters. The van der Waals surface area contributed by atoms with Gasteiger partial charge in [-0.1, -0.05) is 6.07 Å². The van der Waals surface area contributed by atoms with E-state index in [-0.39, 0.29) is 6.47 Å². The Morgan fingerprint density at radius 2 is 2.00 bits per heavy atom. The largest absolute Gasteiger partial charge is 0.483 e. The number of carboxylic acid groups (broad SMARTS) is 1. The van der Waals surface area contributed by atoms with Crippen LogP contribution in [0.1, 0.15) is 16.8 Å². The first-order valence-electron chi connectivity index (χ1n) is 10.2. The number of anilines is 2. The van der Waals surface area contributed by atoms with Gasteiger partial charge in [-0.05, 0) is 44.3 Å². The monoisotopic (exact) mass is 460 g/mol. The molecule has 0 atom stereocenters. The van der Waals surface area contributed by atoms with Crippen LogP contribution in [0.25, 0.3) is 11.2 Å². The SMILES string of the molecule is Cc1cc(C#N)ncc1Oc1cc(Nc2ccc(CN(C)C)cn2)c2ncn(C)c2n1.O=CO. The van der Waals surface area contributed by atoms with E-state index in [2.05, 4.69) is 30.2 Å². The summed E-state index contributed by atoms with van der Waals surface area (Å²) in [4.78, 5) is 28.1. The minimum absolute atomic E-state index is 0.250. The van der Waals surface area contributed by atoms with Crippen LogP contribution in [0, 0.1) is 18.3 Å². The van der Waals surface area contributed by atoms with Crippen LogP contribution in [-0.4, -0.2) is 55.1 Å². The van der Waals surface area contributed by atoms with E-state index in [1.807, 2.05) is 57.0 Å². The number of rotatable bonds is 6. The topological polar surface area (TPSA) is 142 Å². The first kappa shape index (κ1) is 24.1. The van der Waals surface area contributed by atoms with Crippen LogP contribution in [0.4, 0.5) is 11.5 Å². The van der Waals surface area contributed by atoms with E-state index in [0.717, 1.165) is 23.4 Å². The molecule has 0 radical (unpaired) electrons. The highest BCUT2D eigenvalue weighted by Gasteiger charge is 2.14. The molecule has 4 rings (SSSR count). The summed E-state index contributed by atoms with van der Waals surface area (Å²) in [6.07, 6.45) is 5.08. The summed E-state index contributed by atoms with van der Waals surface area (Å²) < 4.78 is 7.82. The van der Waals surface area contributed by atoms with E-state index >= 15 is 0 Å². The number of nitriles is 1. The molecule has 4 aromatic rings. The van der Waals surface area contributed by atoms with Gasteiger partial charge in [-0.2, -0.15) is 10.2 Å². The van der Waals surface area contributed by atoms with Crippen LogP contribution in [0.5, 0.6) is 11.6 Å². The molecule has 4 aromatic heterocycles. The summed E-state index contributed by atoms with van der Waals surface area (Å²) in [5.74, 6) is 1.62. The molecule has 11 nitrogen and oxygen atoms in total. The molecule has 0 fully saturated rings. The molecule has 0 aliphatic heterocycles. The average molecular weight is 460 g/mol. The molecule has 0 saturated heterocycles. The van der Waals surface area contributed by atoms with Crippen LogP contribution >= 0.6 is 0 Å². The zero-order valence-corrected chi connectivity index (χ0v) is 19.2. The quantitative estimate of drug-likeness (QED) is 0.412. The van der Waals surface area contributed by atoms with Gasteiger partial charge in [0.15, 0.2) is 11.4 Å². The van der Waals surface area contributed by atoms with Crippen LogP contribution < -0.4 is 10.1 Å². The normalized spacial score (nSPS) is 10.4. The van der Waals surface area contributed by atoms with Crippen LogP contribution in [0.3, 0.4) is 0 Å². The van der Waals surface area contributed by atoms with Gasteiger partial charge in [0, 0.05) is 25.9 Å². The van der Waals surface area contributed by atoms with E-state index in [1.165, 1.54) is 6.20 Å². The zero-order chi connectivity index (χ0) is 24.7. The van der Waals surface area contributed by atoms with Gasteiger partial charge in [0.25, 0.3) is 6.47 Å². The third kappa shape index (κ3) is 5.81. The van der Waals surface area contributed by atoms with Crippen molar-refractivity contribution in [3.05, 3.63) is 59.8 Å². The van der Waals surface area contributed by atoms with Crippen molar-refractivity contribution in [2.75, 3.05) is 19.4 Å². The van der Waals surface area contributed by atoms with Gasteiger partial charge in [0.2, 0.25) is 5.88 Å². The predicted octanol–water partition coefficient (Wildman–Crippen LogP) is 3.24. The number of nitrogens with zero attached hydrogens (tertiary/aromatic N) is 7. The molecular formula is C23H24N8O3. The summed E-state index contributed by atoms with van der Waals surface area (Å²) in [5.41, 5.74) is 4.37. The number of imidazole rings is 1. The van der Waals surface area contributed by atoms with Crippen molar-refractivity contribution in [3.63, 3.8) is 0 Å². The maximum atomic E-state index is 9.01. The summed E-state index contributed by atoms with van der Waals surface area (Å²) >= 11 is 0. The first-order chi connectivity index (χ1) is 16.3. The maximum absolute atomic E-state index is 9.01. The maximum Gasteiger partial charge on any atom is 0.290 e. The van der Waals surface area contributed by atoms with Crippen molar-refractivity contribution in [2.45, 2.75) is 13.5 Å². The fraction of sp³-hybridized carbons (Fsp3) is 0.217. The molecule has 11 heteroatoms. The number of carbonyl (C=O) groups is 1. The lowest BCUT2D eigenvalue weighted by molar-refractivity contribution is -0.122. The Morgan fingerprint density at radius 1 is 1.24 bits per heavy atom. The Kier molecular flexibility index (Phi) is 7.68. The third-order valence-electron chi connectivity index (χ3n) is 4.62. The first-order valence-corrected chi connectivity index (χ1v) is 10.2. The lowest BCUT2D eigenvalue weighted by Crippen LogP contribution is -2.10. The van der Waals surface area contributed by atoms with Gasteiger partial charge >= 0.3 is 0 Å². The summed E-state index contributed by atoms with van der Waals surface area (Å²) in [7, 11) is 5.92. The van der Waals surface area contributed by atoms with Crippen LogP contribution in [0.15, 0.2) is 43.0 Å². The molecule has 174 valence electrons. The predicted molar refractivity (Wildman–Crippen MR) is 126 cm³/mol. The Balaban J connectivity index is 0.00000103. The lowest BCUT2D eigenvalue weighted by Gasteiger charge is -2.12. The van der Waals surface area contributed by atoms with Gasteiger partial charge in [0.05, 0.1) is 18.2 Å². The Morgan fingerprint density at radius 3 is 2.62 bits per heavy atom. The van der Waals surface area contributed by atoms with Gasteiger partial charge in [-0.25, -0.2) is 15.0 Å². The minimum Gasteiger partial charge on any atom is -0.483 e. The minimum atomic E-state index is -0.250. The molecule has 0 aliphatic rings. The fourth-order valence-corrected chi connectivity index (χ4v) is 3.14. The lowest BCUT2D eigenvalue weighted by atomic mass is 10.2. The summed E-state index contributed by atoms with van der Waals surface area (Å²) in [6.45, 7) is 2.43. The van der Waals surface area contributed by atoms with E-state index < -0.39 is 0 Å². The molecular weight excluding hydrogens is 436 g/mol. The Labute approximate surface area is 196 Å². The number of ether oxygens (including phenoxy) is 1. The number of nitrogens with one attached hydrogen (secondary N) is 1. The van der Waals surface area contributed by atoms with Crippen LogP contribution in [-0.2, 0) is 18.4 Å². The zero-order valence-electron chi connectivity index (χ0n) is 19.2. The van der Waals surface area contributed by atoms with Crippen molar-refractivity contribution < 1.29 is 14.6 Å². The summed E-state index contributed by atoms with van der Waals surface area (Å²) in [5, 5.41) is 19.2. The standard InChI is InChI=1S/C22H22N8O.CH2O2/c1-14-7-16(9-23)24-11-18(14)31-20-8-17(21-22(28-20)30(4)13-26-21)27-19-6-5-15(10-25-19)12-29(2)3;2-1-3/h5-8,10-11,13H,12H2,1-4H3,(H,25,27,28);1H,(H,2,3). The second-order valence-corrected chi connectivity index (χ2v) is 7.60. The number of hydrogen-bond donors (Lipinski definition) is 2. The number of aryl methyl sites for hydroxylation is 2. The van der Waals surface area contributed by atoms with Crippen molar-refractivity contribution in [3.8, 4) is 17.7 Å². The molecule has 0 spiro atoms. The van der Waals surface area contributed by atoms with E-state index in [9.17, 15) is 0 Å². The van der Waals surface area contributed by atoms with E-state index in [4.69, 9.17) is 19.9 Å². The Bertz CT molecular complexity index is 1330. The molecule has 0 saturated carbocycles. The molecule has 0 aliphatic carbocycles. The van der Waals surface area contributed by atoms with E-state index in [0.29, 0.717) is 34.3 Å². The third-order valence-corrected chi connectivity index (χ3v) is 4.62. The molecule has 4 heterocycles. The van der Waals surface area contributed by atoms with Crippen molar-refractivity contribution in [2.24, 2.45) is 7.05 Å². The average Bonchev–Trinajstić information content (AvgIpc) is 3.17. The van der Waals surface area contributed by atoms with Crippen molar-refractivity contribution >= 4 is 29.1 Å². The molecule has 0 aromatic carbocycles. The highest BCUT2D eigenvalue weighted by atomic mass is 16.5. The van der Waals surface area contributed by atoms with Crippen molar-refractivity contribution in [1.29, 1.82) is 5.26 Å². The smallest absolute Gasteiger partial charge is 0.290 e.